The molecule has 12 aromatic rings. The summed E-state index contributed by atoms with van der Waals surface area (Å²) < 4.78 is 2.34. The number of nitrogens with zero attached hydrogens (tertiary/aromatic N) is 4. The van der Waals surface area contributed by atoms with Crippen LogP contribution < -0.4 is 9.80 Å². The number of benzene rings is 11. The number of hydrogen-bond acceptors (Lipinski definition) is 2. The molecule has 11 aromatic carbocycles. The lowest BCUT2D eigenvalue weighted by molar-refractivity contribution is 1.18. The zero-order valence-corrected chi connectivity index (χ0v) is 36.5. The highest BCUT2D eigenvalue weighted by atomic mass is 15.2. The summed E-state index contributed by atoms with van der Waals surface area (Å²) in [7, 11) is 0. The molecule has 0 atom stereocenters. The van der Waals surface area contributed by atoms with Gasteiger partial charge < -0.3 is 14.4 Å². The van der Waals surface area contributed by atoms with Crippen molar-refractivity contribution in [3.8, 4) is 27.9 Å². The molecular formula is C63H42N4. The first-order valence-electron chi connectivity index (χ1n) is 22.6. The summed E-state index contributed by atoms with van der Waals surface area (Å²) in [6, 6.07) is 90.8. The molecule has 4 nitrogen and oxygen atoms in total. The van der Waals surface area contributed by atoms with Crippen LogP contribution in [0.3, 0.4) is 0 Å². The van der Waals surface area contributed by atoms with Gasteiger partial charge in [0.1, 0.15) is 0 Å². The van der Waals surface area contributed by atoms with Gasteiger partial charge in [-0.2, -0.15) is 0 Å². The lowest BCUT2D eigenvalue weighted by Crippen LogP contribution is -2.11. The SMILES string of the molecule is [C-]#[N+]c1ccc(N(c2ccc(-c3ccc(N(c4ccc(-c5ccccc5)cc4)c4cccc5ccccc45)c4ccccc34)cc2)c2ccc3c(c2)c2ccccc2n3-c2ccccc2)cc1. The summed E-state index contributed by atoms with van der Waals surface area (Å²) in [5.74, 6) is 0. The van der Waals surface area contributed by atoms with Crippen LogP contribution in [0.1, 0.15) is 0 Å². The van der Waals surface area contributed by atoms with E-state index >= 15 is 0 Å². The minimum Gasteiger partial charge on any atom is -0.311 e. The summed E-state index contributed by atoms with van der Waals surface area (Å²) in [5.41, 5.74) is 15.1. The molecule has 4 heteroatoms. The van der Waals surface area contributed by atoms with Crippen molar-refractivity contribution in [1.82, 2.24) is 4.57 Å². The van der Waals surface area contributed by atoms with E-state index in [-0.39, 0.29) is 0 Å². The maximum Gasteiger partial charge on any atom is 0.187 e. The van der Waals surface area contributed by atoms with Crippen LogP contribution in [0.25, 0.3) is 76.1 Å². The molecule has 314 valence electrons. The highest BCUT2D eigenvalue weighted by molar-refractivity contribution is 6.11. The molecule has 1 heterocycles. The Hall–Kier alpha value is -9.17. The van der Waals surface area contributed by atoms with Crippen LogP contribution in [-0.2, 0) is 0 Å². The molecule has 0 N–H and O–H groups in total. The number of anilines is 6. The molecule has 12 rings (SSSR count). The fraction of sp³-hybridized carbons (Fsp3) is 0. The summed E-state index contributed by atoms with van der Waals surface area (Å²) in [6.45, 7) is 7.65. The molecule has 0 aliphatic rings. The zero-order chi connectivity index (χ0) is 44.7. The average Bonchev–Trinajstić information content (AvgIpc) is 3.74. The second kappa shape index (κ2) is 16.8. The molecule has 0 saturated carbocycles. The number of para-hydroxylation sites is 2. The van der Waals surface area contributed by atoms with Gasteiger partial charge in [-0.05, 0) is 118 Å². The van der Waals surface area contributed by atoms with E-state index in [0.717, 1.165) is 67.4 Å². The van der Waals surface area contributed by atoms with Crippen molar-refractivity contribution in [1.29, 1.82) is 0 Å². The zero-order valence-electron chi connectivity index (χ0n) is 36.5. The van der Waals surface area contributed by atoms with Crippen molar-refractivity contribution in [2.24, 2.45) is 0 Å². The predicted octanol–water partition coefficient (Wildman–Crippen LogP) is 17.9. The molecule has 0 unspecified atom stereocenters. The Balaban J connectivity index is 0.970. The van der Waals surface area contributed by atoms with Gasteiger partial charge in [0, 0.05) is 50.0 Å². The maximum absolute atomic E-state index is 7.65. The minimum absolute atomic E-state index is 0.610. The van der Waals surface area contributed by atoms with E-state index in [2.05, 4.69) is 250 Å². The quantitative estimate of drug-likeness (QED) is 0.134. The van der Waals surface area contributed by atoms with Crippen molar-refractivity contribution >= 4 is 83.2 Å². The molecule has 0 amide bonds. The van der Waals surface area contributed by atoms with Crippen molar-refractivity contribution in [3.63, 3.8) is 0 Å². The van der Waals surface area contributed by atoms with Crippen LogP contribution in [0.15, 0.2) is 255 Å². The molecule has 0 spiro atoms. The third-order valence-electron chi connectivity index (χ3n) is 13.0. The van der Waals surface area contributed by atoms with E-state index in [1.165, 1.54) is 38.1 Å². The average molecular weight is 855 g/mol. The van der Waals surface area contributed by atoms with Crippen LogP contribution in [0.5, 0.6) is 0 Å². The van der Waals surface area contributed by atoms with Gasteiger partial charge in [-0.3, -0.25) is 0 Å². The maximum atomic E-state index is 7.65. The second-order valence-corrected chi connectivity index (χ2v) is 16.8. The first-order chi connectivity index (χ1) is 33.2. The van der Waals surface area contributed by atoms with Crippen molar-refractivity contribution in [2.75, 3.05) is 9.80 Å². The second-order valence-electron chi connectivity index (χ2n) is 16.8. The number of aromatic nitrogens is 1. The van der Waals surface area contributed by atoms with E-state index in [9.17, 15) is 0 Å². The highest BCUT2D eigenvalue weighted by Gasteiger charge is 2.21. The van der Waals surface area contributed by atoms with E-state index < -0.39 is 0 Å². The van der Waals surface area contributed by atoms with Gasteiger partial charge >= 0.3 is 0 Å². The van der Waals surface area contributed by atoms with Gasteiger partial charge in [0.25, 0.3) is 0 Å². The summed E-state index contributed by atoms with van der Waals surface area (Å²) >= 11 is 0. The molecule has 0 radical (unpaired) electrons. The first kappa shape index (κ1) is 39.4. The number of fused-ring (bicyclic) bond motifs is 5. The predicted molar refractivity (Wildman–Crippen MR) is 282 cm³/mol. The Bertz CT molecular complexity index is 3790. The van der Waals surface area contributed by atoms with Crippen LogP contribution in [0, 0.1) is 6.57 Å². The van der Waals surface area contributed by atoms with Crippen LogP contribution in [0.4, 0.5) is 39.8 Å². The van der Waals surface area contributed by atoms with E-state index in [1.54, 1.807) is 0 Å². The molecule has 0 fully saturated rings. The highest BCUT2D eigenvalue weighted by Crippen LogP contribution is 2.46. The monoisotopic (exact) mass is 854 g/mol. The third kappa shape index (κ3) is 7.04. The smallest absolute Gasteiger partial charge is 0.187 e. The Morgan fingerprint density at radius 3 is 1.58 bits per heavy atom. The topological polar surface area (TPSA) is 15.8 Å². The van der Waals surface area contributed by atoms with Crippen LogP contribution in [-0.4, -0.2) is 4.57 Å². The molecule has 0 aliphatic carbocycles. The van der Waals surface area contributed by atoms with Crippen LogP contribution in [0.2, 0.25) is 0 Å². The lowest BCUT2D eigenvalue weighted by Gasteiger charge is -2.29. The molecule has 67 heavy (non-hydrogen) atoms. The van der Waals surface area contributed by atoms with Gasteiger partial charge in [0.05, 0.1) is 29.0 Å². The standard InChI is InChI=1S/C63H42N4/c1-64-48-31-37-51(38-32-48)65(53-39-41-63-59(43-53)58-24-12-13-25-61(58)66(63)49-19-6-3-7-20-49)50-35-29-47(30-36-50)54-40-42-62(57-23-11-10-22-56(54)57)67(60-26-14-18-46-17-8-9-21-55(46)60)52-33-27-45(28-34-52)44-15-4-2-5-16-44/h2-43H. The Morgan fingerprint density at radius 2 is 0.851 bits per heavy atom. The number of rotatable bonds is 9. The van der Waals surface area contributed by atoms with Gasteiger partial charge in [-0.1, -0.05) is 170 Å². The van der Waals surface area contributed by atoms with Gasteiger partial charge in [-0.25, -0.2) is 4.85 Å². The van der Waals surface area contributed by atoms with Gasteiger partial charge in [0.15, 0.2) is 5.69 Å². The minimum atomic E-state index is 0.610. The van der Waals surface area contributed by atoms with Crippen molar-refractivity contribution in [3.05, 3.63) is 266 Å². The van der Waals surface area contributed by atoms with E-state index in [0.29, 0.717) is 5.69 Å². The van der Waals surface area contributed by atoms with E-state index in [1.807, 2.05) is 24.3 Å². The van der Waals surface area contributed by atoms with Gasteiger partial charge in [0.2, 0.25) is 0 Å². The van der Waals surface area contributed by atoms with E-state index in [4.69, 9.17) is 6.57 Å². The summed E-state index contributed by atoms with van der Waals surface area (Å²) in [6.07, 6.45) is 0. The lowest BCUT2D eigenvalue weighted by atomic mass is 9.95. The fourth-order valence-electron chi connectivity index (χ4n) is 9.84. The van der Waals surface area contributed by atoms with Crippen molar-refractivity contribution < 1.29 is 0 Å². The first-order valence-corrected chi connectivity index (χ1v) is 22.6. The molecular weight excluding hydrogens is 813 g/mol. The Labute approximate surface area is 389 Å². The Morgan fingerprint density at radius 1 is 0.328 bits per heavy atom. The largest absolute Gasteiger partial charge is 0.311 e. The van der Waals surface area contributed by atoms with Crippen LogP contribution >= 0.6 is 0 Å². The Kier molecular flexibility index (Phi) is 9.86. The molecule has 1 aromatic heterocycles. The third-order valence-corrected chi connectivity index (χ3v) is 13.0. The summed E-state index contributed by atoms with van der Waals surface area (Å²) in [4.78, 5) is 8.40. The molecule has 0 aliphatic heterocycles. The van der Waals surface area contributed by atoms with Crippen molar-refractivity contribution in [2.45, 2.75) is 0 Å². The summed E-state index contributed by atoms with van der Waals surface area (Å²) in [5, 5.41) is 7.09. The molecule has 0 bridgehead atoms. The fourth-order valence-corrected chi connectivity index (χ4v) is 9.84. The molecule has 0 saturated heterocycles. The normalized spacial score (nSPS) is 11.3. The number of hydrogen-bond donors (Lipinski definition) is 0. The van der Waals surface area contributed by atoms with Gasteiger partial charge in [-0.15, -0.1) is 0 Å².